The van der Waals surface area contributed by atoms with Crippen LogP contribution in [0.5, 0.6) is 0 Å². The molecule has 0 radical (unpaired) electrons. The van der Waals surface area contributed by atoms with E-state index in [4.69, 9.17) is 0 Å². The highest BCUT2D eigenvalue weighted by Gasteiger charge is 2.28. The van der Waals surface area contributed by atoms with Crippen molar-refractivity contribution in [1.29, 1.82) is 0 Å². The number of aryl methyl sites for hydroxylation is 1. The predicted molar refractivity (Wildman–Crippen MR) is 92.8 cm³/mol. The van der Waals surface area contributed by atoms with E-state index >= 15 is 0 Å². The number of thioether (sulfide) groups is 1. The Morgan fingerprint density at radius 1 is 1.48 bits per heavy atom. The van der Waals surface area contributed by atoms with Crippen LogP contribution in [0.3, 0.4) is 0 Å². The van der Waals surface area contributed by atoms with E-state index in [1.54, 1.807) is 18.0 Å². The van der Waals surface area contributed by atoms with Crippen LogP contribution >= 0.6 is 11.8 Å². The number of aliphatic imine (C=N–C) groups is 1. The van der Waals surface area contributed by atoms with Crippen LogP contribution in [0.2, 0.25) is 0 Å². The molecular formula is C16H23N5OS. The standard InChI is InChI=1S/C16H23N5OS/c1-11(2)14(15-17-6-8-20(15)3)19-13(22)9-12-10-23-16-18-5-4-7-21(12)16/h6,8,10-11,14H,4-5,7,9H2,1-3H3,(H,19,22)/t14-/m0/s1. The number of nitrogens with zero attached hydrogens (tertiary/aromatic N) is 4. The summed E-state index contributed by atoms with van der Waals surface area (Å²) >= 11 is 1.62. The van der Waals surface area contributed by atoms with E-state index in [1.807, 2.05) is 17.8 Å². The number of amides is 1. The molecule has 2 aliphatic rings. The number of hydrogen-bond donors (Lipinski definition) is 1. The number of nitrogens with one attached hydrogen (secondary N) is 1. The van der Waals surface area contributed by atoms with Crippen molar-refractivity contribution in [3.8, 4) is 0 Å². The fourth-order valence-electron chi connectivity index (χ4n) is 2.87. The van der Waals surface area contributed by atoms with Crippen LogP contribution in [-0.4, -0.2) is 38.6 Å². The number of aromatic nitrogens is 2. The highest BCUT2D eigenvalue weighted by atomic mass is 32.2. The summed E-state index contributed by atoms with van der Waals surface area (Å²) in [5.74, 6) is 1.20. The van der Waals surface area contributed by atoms with E-state index in [2.05, 4.69) is 39.4 Å². The molecule has 0 saturated carbocycles. The summed E-state index contributed by atoms with van der Waals surface area (Å²) < 4.78 is 1.96. The summed E-state index contributed by atoms with van der Waals surface area (Å²) in [6.07, 6.45) is 5.11. The largest absolute Gasteiger partial charge is 0.346 e. The zero-order valence-corrected chi connectivity index (χ0v) is 14.6. The normalized spacial score (nSPS) is 18.5. The van der Waals surface area contributed by atoms with Gasteiger partial charge in [0.2, 0.25) is 5.91 Å². The number of fused-ring (bicyclic) bond motifs is 1. The van der Waals surface area contributed by atoms with Crippen molar-refractivity contribution < 1.29 is 4.79 Å². The second-order valence-electron chi connectivity index (χ2n) is 6.26. The lowest BCUT2D eigenvalue weighted by Gasteiger charge is -2.26. The zero-order chi connectivity index (χ0) is 16.4. The second kappa shape index (κ2) is 6.78. The third-order valence-electron chi connectivity index (χ3n) is 4.13. The average Bonchev–Trinajstić information content (AvgIpc) is 3.12. The Morgan fingerprint density at radius 3 is 3.00 bits per heavy atom. The summed E-state index contributed by atoms with van der Waals surface area (Å²) in [6, 6.07) is -0.0772. The molecule has 0 bridgehead atoms. The summed E-state index contributed by atoms with van der Waals surface area (Å²) in [6.45, 7) is 6.04. The number of imidazole rings is 1. The first kappa shape index (κ1) is 16.1. The molecule has 1 N–H and O–H groups in total. The van der Waals surface area contributed by atoms with Crippen molar-refractivity contribution in [3.05, 3.63) is 29.3 Å². The molecule has 1 amide bonds. The van der Waals surface area contributed by atoms with Crippen molar-refractivity contribution in [3.63, 3.8) is 0 Å². The molecule has 0 aliphatic carbocycles. The quantitative estimate of drug-likeness (QED) is 0.898. The lowest BCUT2D eigenvalue weighted by molar-refractivity contribution is -0.121. The molecule has 0 spiro atoms. The van der Waals surface area contributed by atoms with Crippen LogP contribution in [-0.2, 0) is 11.8 Å². The third kappa shape index (κ3) is 3.44. The van der Waals surface area contributed by atoms with Gasteiger partial charge in [-0.1, -0.05) is 25.6 Å². The molecule has 2 aliphatic heterocycles. The maximum Gasteiger partial charge on any atom is 0.226 e. The number of carbonyl (C=O) groups excluding carboxylic acids is 1. The van der Waals surface area contributed by atoms with Gasteiger partial charge in [-0.15, -0.1) is 0 Å². The van der Waals surface area contributed by atoms with Crippen molar-refractivity contribution in [2.75, 3.05) is 13.1 Å². The first-order valence-electron chi connectivity index (χ1n) is 8.00. The van der Waals surface area contributed by atoms with Crippen LogP contribution in [0.25, 0.3) is 0 Å². The fourth-order valence-corrected chi connectivity index (χ4v) is 3.82. The van der Waals surface area contributed by atoms with Gasteiger partial charge >= 0.3 is 0 Å². The van der Waals surface area contributed by atoms with E-state index in [0.717, 1.165) is 36.2 Å². The van der Waals surface area contributed by atoms with Crippen LogP contribution in [0.15, 0.2) is 28.5 Å². The van der Waals surface area contributed by atoms with Crippen molar-refractivity contribution in [2.24, 2.45) is 18.0 Å². The van der Waals surface area contributed by atoms with Crippen molar-refractivity contribution in [2.45, 2.75) is 32.7 Å². The monoisotopic (exact) mass is 333 g/mol. The molecule has 23 heavy (non-hydrogen) atoms. The topological polar surface area (TPSA) is 62.5 Å². The van der Waals surface area contributed by atoms with E-state index in [1.165, 1.54) is 0 Å². The molecular weight excluding hydrogens is 310 g/mol. The Kier molecular flexibility index (Phi) is 4.75. The highest BCUT2D eigenvalue weighted by molar-refractivity contribution is 8.16. The Labute approximate surface area is 141 Å². The smallest absolute Gasteiger partial charge is 0.226 e. The minimum atomic E-state index is -0.0772. The summed E-state index contributed by atoms with van der Waals surface area (Å²) in [5, 5.41) is 6.22. The van der Waals surface area contributed by atoms with E-state index in [9.17, 15) is 4.79 Å². The van der Waals surface area contributed by atoms with Gasteiger partial charge in [0.05, 0.1) is 12.5 Å². The van der Waals surface area contributed by atoms with Crippen LogP contribution in [0.1, 0.15) is 38.6 Å². The van der Waals surface area contributed by atoms with Gasteiger partial charge in [-0.05, 0) is 17.7 Å². The molecule has 0 saturated heterocycles. The summed E-state index contributed by atoms with van der Waals surface area (Å²) in [7, 11) is 1.95. The maximum atomic E-state index is 12.5. The van der Waals surface area contributed by atoms with Gasteiger partial charge in [0, 0.05) is 38.2 Å². The molecule has 7 heteroatoms. The lowest BCUT2D eigenvalue weighted by atomic mass is 10.0. The fraction of sp³-hybridized carbons (Fsp3) is 0.562. The minimum absolute atomic E-state index is 0.0328. The Hall–Kier alpha value is -1.76. The molecule has 3 heterocycles. The molecule has 0 aromatic carbocycles. The SMILES string of the molecule is CC(C)[C@H](NC(=O)CC1=CSC2=NCCCN12)c1nccn1C. The predicted octanol–water partition coefficient (Wildman–Crippen LogP) is 2.27. The van der Waals surface area contributed by atoms with E-state index in [0.29, 0.717) is 6.42 Å². The van der Waals surface area contributed by atoms with Gasteiger partial charge in [-0.2, -0.15) is 0 Å². The van der Waals surface area contributed by atoms with Crippen molar-refractivity contribution >= 4 is 22.8 Å². The molecule has 0 fully saturated rings. The van der Waals surface area contributed by atoms with Crippen molar-refractivity contribution in [1.82, 2.24) is 19.8 Å². The number of amidine groups is 1. The number of carbonyl (C=O) groups is 1. The van der Waals surface area contributed by atoms with E-state index in [-0.39, 0.29) is 17.9 Å². The summed E-state index contributed by atoms with van der Waals surface area (Å²) in [5.41, 5.74) is 1.05. The van der Waals surface area contributed by atoms with E-state index < -0.39 is 0 Å². The molecule has 1 aromatic rings. The van der Waals surface area contributed by atoms with Crippen LogP contribution < -0.4 is 5.32 Å². The first-order chi connectivity index (χ1) is 11.1. The highest BCUT2D eigenvalue weighted by Crippen LogP contribution is 2.30. The maximum absolute atomic E-state index is 12.5. The van der Waals surface area contributed by atoms with Gasteiger partial charge in [-0.25, -0.2) is 4.98 Å². The minimum Gasteiger partial charge on any atom is -0.346 e. The third-order valence-corrected chi connectivity index (χ3v) is 5.08. The van der Waals surface area contributed by atoms with Gasteiger partial charge < -0.3 is 14.8 Å². The second-order valence-corrected chi connectivity index (χ2v) is 7.10. The molecule has 0 unspecified atom stereocenters. The Bertz CT molecular complexity index is 649. The molecule has 1 atom stereocenters. The van der Waals surface area contributed by atoms with Gasteiger partial charge in [0.25, 0.3) is 0 Å². The van der Waals surface area contributed by atoms with Crippen LogP contribution in [0.4, 0.5) is 0 Å². The van der Waals surface area contributed by atoms with Gasteiger partial charge in [-0.3, -0.25) is 9.79 Å². The summed E-state index contributed by atoms with van der Waals surface area (Å²) in [4.78, 5) is 23.6. The van der Waals surface area contributed by atoms with Crippen LogP contribution in [0, 0.1) is 5.92 Å². The lowest BCUT2D eigenvalue weighted by Crippen LogP contribution is -2.36. The molecule has 3 rings (SSSR count). The molecule has 1 aromatic heterocycles. The Morgan fingerprint density at radius 2 is 2.30 bits per heavy atom. The Balaban J connectivity index is 1.65. The van der Waals surface area contributed by atoms with Gasteiger partial charge in [0.1, 0.15) is 5.82 Å². The average molecular weight is 333 g/mol. The number of rotatable bonds is 5. The van der Waals surface area contributed by atoms with Gasteiger partial charge in [0.15, 0.2) is 5.17 Å². The molecule has 6 nitrogen and oxygen atoms in total. The zero-order valence-electron chi connectivity index (χ0n) is 13.8. The first-order valence-corrected chi connectivity index (χ1v) is 8.88. The number of hydrogen-bond acceptors (Lipinski definition) is 5. The molecule has 124 valence electrons.